The van der Waals surface area contributed by atoms with Crippen LogP contribution in [0.5, 0.6) is 0 Å². The first kappa shape index (κ1) is 19.0. The molecule has 2 N–H and O–H groups in total. The fraction of sp³-hybridized carbons (Fsp3) is 0.409. The molecule has 0 saturated carbocycles. The summed E-state index contributed by atoms with van der Waals surface area (Å²) in [5.41, 5.74) is 2.65. The SMILES string of the molecule is CC(C)Sc1ccc(CC(=O)NC[C@@]2(O)CCc3ccccc3C2)cc1. The molecule has 0 radical (unpaired) electrons. The monoisotopic (exact) mass is 369 g/mol. The maximum absolute atomic E-state index is 12.3. The number of hydrogen-bond donors (Lipinski definition) is 2. The van der Waals surface area contributed by atoms with Gasteiger partial charge in [0, 0.05) is 23.1 Å². The van der Waals surface area contributed by atoms with Crippen molar-refractivity contribution in [2.75, 3.05) is 6.54 Å². The Hall–Kier alpha value is -1.78. The van der Waals surface area contributed by atoms with Crippen LogP contribution in [0.15, 0.2) is 53.4 Å². The molecule has 0 bridgehead atoms. The molecule has 4 heteroatoms. The van der Waals surface area contributed by atoms with Gasteiger partial charge in [0.25, 0.3) is 0 Å². The maximum Gasteiger partial charge on any atom is 0.224 e. The predicted molar refractivity (Wildman–Crippen MR) is 108 cm³/mol. The summed E-state index contributed by atoms with van der Waals surface area (Å²) in [6.07, 6.45) is 2.49. The highest BCUT2D eigenvalue weighted by atomic mass is 32.2. The van der Waals surface area contributed by atoms with Gasteiger partial charge in [-0.3, -0.25) is 4.79 Å². The molecule has 1 amide bonds. The number of rotatable bonds is 6. The van der Waals surface area contributed by atoms with Crippen molar-refractivity contribution in [2.24, 2.45) is 0 Å². The quantitative estimate of drug-likeness (QED) is 0.762. The highest BCUT2D eigenvalue weighted by Gasteiger charge is 2.32. The van der Waals surface area contributed by atoms with E-state index in [-0.39, 0.29) is 5.91 Å². The third-order valence-corrected chi connectivity index (χ3v) is 5.79. The Morgan fingerprint density at radius 3 is 2.54 bits per heavy atom. The van der Waals surface area contributed by atoms with E-state index in [0.29, 0.717) is 31.1 Å². The molecule has 0 aromatic heterocycles. The van der Waals surface area contributed by atoms with Crippen LogP contribution in [0.3, 0.4) is 0 Å². The third-order valence-electron chi connectivity index (χ3n) is 4.77. The molecule has 3 nitrogen and oxygen atoms in total. The predicted octanol–water partition coefficient (Wildman–Crippen LogP) is 3.77. The average molecular weight is 370 g/mol. The molecule has 3 rings (SSSR count). The minimum Gasteiger partial charge on any atom is -0.388 e. The van der Waals surface area contributed by atoms with E-state index in [1.165, 1.54) is 16.0 Å². The van der Waals surface area contributed by atoms with Gasteiger partial charge >= 0.3 is 0 Å². The lowest BCUT2D eigenvalue weighted by Crippen LogP contribution is -2.47. The number of amides is 1. The van der Waals surface area contributed by atoms with Crippen molar-refractivity contribution in [3.05, 3.63) is 65.2 Å². The second kappa shape index (κ2) is 8.28. The second-order valence-electron chi connectivity index (χ2n) is 7.43. The Bertz CT molecular complexity index is 757. The lowest BCUT2D eigenvalue weighted by Gasteiger charge is -2.33. The van der Waals surface area contributed by atoms with E-state index in [2.05, 4.69) is 43.4 Å². The van der Waals surface area contributed by atoms with Crippen molar-refractivity contribution in [1.29, 1.82) is 0 Å². The van der Waals surface area contributed by atoms with Crippen LogP contribution in [0, 0.1) is 0 Å². The topological polar surface area (TPSA) is 49.3 Å². The van der Waals surface area contributed by atoms with E-state index in [1.807, 2.05) is 36.0 Å². The van der Waals surface area contributed by atoms with Crippen molar-refractivity contribution < 1.29 is 9.90 Å². The lowest BCUT2D eigenvalue weighted by atomic mass is 9.80. The minimum atomic E-state index is -0.845. The Morgan fingerprint density at radius 1 is 1.15 bits per heavy atom. The first-order valence-electron chi connectivity index (χ1n) is 9.25. The number of aryl methyl sites for hydroxylation is 1. The van der Waals surface area contributed by atoms with Crippen molar-refractivity contribution in [3.63, 3.8) is 0 Å². The lowest BCUT2D eigenvalue weighted by molar-refractivity contribution is -0.121. The van der Waals surface area contributed by atoms with E-state index in [0.717, 1.165) is 12.0 Å². The summed E-state index contributed by atoms with van der Waals surface area (Å²) in [6, 6.07) is 16.4. The summed E-state index contributed by atoms with van der Waals surface area (Å²) in [5.74, 6) is -0.0402. The van der Waals surface area contributed by atoms with Crippen LogP contribution in [-0.4, -0.2) is 28.4 Å². The van der Waals surface area contributed by atoms with Gasteiger partial charge in [0.05, 0.1) is 12.0 Å². The fourth-order valence-corrected chi connectivity index (χ4v) is 4.24. The zero-order chi connectivity index (χ0) is 18.6. The van der Waals surface area contributed by atoms with Gasteiger partial charge in [0.2, 0.25) is 5.91 Å². The molecule has 0 heterocycles. The number of carbonyl (C=O) groups is 1. The number of aliphatic hydroxyl groups is 1. The number of benzene rings is 2. The molecule has 0 fully saturated rings. The summed E-state index contributed by atoms with van der Waals surface area (Å²) in [5, 5.41) is 14.3. The Morgan fingerprint density at radius 2 is 1.85 bits per heavy atom. The third kappa shape index (κ3) is 5.12. The van der Waals surface area contributed by atoms with E-state index >= 15 is 0 Å². The van der Waals surface area contributed by atoms with Crippen molar-refractivity contribution in [3.8, 4) is 0 Å². The van der Waals surface area contributed by atoms with Crippen LogP contribution in [-0.2, 0) is 24.1 Å². The van der Waals surface area contributed by atoms with Crippen LogP contribution in [0.25, 0.3) is 0 Å². The zero-order valence-corrected chi connectivity index (χ0v) is 16.3. The number of nitrogens with one attached hydrogen (secondary N) is 1. The molecular formula is C22H27NO2S. The van der Waals surface area contributed by atoms with Crippen LogP contribution in [0.2, 0.25) is 0 Å². The molecule has 0 spiro atoms. The first-order chi connectivity index (χ1) is 12.4. The molecule has 2 aromatic rings. The van der Waals surface area contributed by atoms with Crippen LogP contribution >= 0.6 is 11.8 Å². The maximum atomic E-state index is 12.3. The van der Waals surface area contributed by atoms with Gasteiger partial charge in [-0.15, -0.1) is 11.8 Å². The average Bonchev–Trinajstić information content (AvgIpc) is 2.61. The van der Waals surface area contributed by atoms with Gasteiger partial charge in [-0.05, 0) is 41.7 Å². The normalized spacial score (nSPS) is 19.2. The molecule has 1 aliphatic rings. The molecule has 1 atom stereocenters. The first-order valence-corrected chi connectivity index (χ1v) is 10.1. The molecule has 2 aromatic carbocycles. The van der Waals surface area contributed by atoms with Crippen molar-refractivity contribution >= 4 is 17.7 Å². The standard InChI is InChI=1S/C22H27NO2S/c1-16(2)26-20-9-7-17(8-10-20)13-21(24)23-15-22(25)12-11-18-5-3-4-6-19(18)14-22/h3-10,16,25H,11-15H2,1-2H3,(H,23,24)/t22-/m1/s1. The van der Waals surface area contributed by atoms with Gasteiger partial charge in [-0.25, -0.2) is 0 Å². The molecule has 0 saturated heterocycles. The highest BCUT2D eigenvalue weighted by Crippen LogP contribution is 2.28. The minimum absolute atomic E-state index is 0.0402. The Kier molecular flexibility index (Phi) is 6.05. The van der Waals surface area contributed by atoms with Gasteiger partial charge < -0.3 is 10.4 Å². The van der Waals surface area contributed by atoms with Crippen LogP contribution in [0.4, 0.5) is 0 Å². The van der Waals surface area contributed by atoms with Gasteiger partial charge in [0.1, 0.15) is 0 Å². The van der Waals surface area contributed by atoms with Gasteiger partial charge in [-0.1, -0.05) is 50.2 Å². The van der Waals surface area contributed by atoms with E-state index in [4.69, 9.17) is 0 Å². The molecule has 1 aliphatic carbocycles. The molecule has 138 valence electrons. The molecule has 0 aliphatic heterocycles. The number of hydrogen-bond acceptors (Lipinski definition) is 3. The number of thioether (sulfide) groups is 1. The summed E-state index contributed by atoms with van der Waals surface area (Å²) in [6.45, 7) is 4.64. The van der Waals surface area contributed by atoms with E-state index in [1.54, 1.807) is 0 Å². The summed E-state index contributed by atoms with van der Waals surface area (Å²) in [7, 11) is 0. The van der Waals surface area contributed by atoms with Crippen LogP contribution < -0.4 is 5.32 Å². The van der Waals surface area contributed by atoms with E-state index < -0.39 is 5.60 Å². The second-order valence-corrected chi connectivity index (χ2v) is 9.08. The molecule has 26 heavy (non-hydrogen) atoms. The van der Waals surface area contributed by atoms with E-state index in [9.17, 15) is 9.90 Å². The molecular weight excluding hydrogens is 342 g/mol. The van der Waals surface area contributed by atoms with Crippen molar-refractivity contribution in [2.45, 2.75) is 55.3 Å². The van der Waals surface area contributed by atoms with Crippen LogP contribution in [0.1, 0.15) is 37.0 Å². The number of fused-ring (bicyclic) bond motifs is 1. The van der Waals surface area contributed by atoms with Crippen molar-refractivity contribution in [1.82, 2.24) is 5.32 Å². The highest BCUT2D eigenvalue weighted by molar-refractivity contribution is 7.99. The number of carbonyl (C=O) groups excluding carboxylic acids is 1. The Labute approximate surface area is 160 Å². The smallest absolute Gasteiger partial charge is 0.224 e. The van der Waals surface area contributed by atoms with Gasteiger partial charge in [0.15, 0.2) is 0 Å². The molecule has 0 unspecified atom stereocenters. The van der Waals surface area contributed by atoms with Gasteiger partial charge in [-0.2, -0.15) is 0 Å². The fourth-order valence-electron chi connectivity index (χ4n) is 3.40. The zero-order valence-electron chi connectivity index (χ0n) is 15.5. The Balaban J connectivity index is 1.51. The summed E-state index contributed by atoms with van der Waals surface area (Å²) in [4.78, 5) is 13.5. The summed E-state index contributed by atoms with van der Waals surface area (Å²) < 4.78 is 0. The largest absolute Gasteiger partial charge is 0.388 e. The summed E-state index contributed by atoms with van der Waals surface area (Å²) >= 11 is 1.82.